The Hall–Kier alpha value is -2.47. The van der Waals surface area contributed by atoms with Gasteiger partial charge in [0.25, 0.3) is 0 Å². The van der Waals surface area contributed by atoms with Crippen LogP contribution in [0.5, 0.6) is 11.5 Å². The number of ether oxygens (including phenoxy) is 3. The van der Waals surface area contributed by atoms with Crippen molar-refractivity contribution >= 4 is 0 Å². The predicted octanol–water partition coefficient (Wildman–Crippen LogP) is 8.08. The number of benzene rings is 2. The number of hydrogen-bond acceptors (Lipinski definition) is 3. The minimum Gasteiger partial charge on any atom is -0.490 e. The molecule has 6 heteroatoms. The largest absolute Gasteiger partial charge is 0.490 e. The van der Waals surface area contributed by atoms with Crippen molar-refractivity contribution in [2.24, 2.45) is 5.92 Å². The van der Waals surface area contributed by atoms with Crippen LogP contribution in [-0.4, -0.2) is 25.9 Å². The highest BCUT2D eigenvalue weighted by Gasteiger charge is 2.28. The standard InChI is InChI=1S/C30H37F3O3/c1-3-17-35-24-13-14-25(27(31)18-24)21-7-5-20(6-8-21)19-36-28-16-15-26(29(32)30(28)33)22-9-11-23(12-10-22)34-4-2/h3,13-16,18,20-23H,1,4-12,17,19H2,2H3. The molecule has 0 heterocycles. The summed E-state index contributed by atoms with van der Waals surface area (Å²) in [5.41, 5.74) is 1.15. The summed E-state index contributed by atoms with van der Waals surface area (Å²) in [7, 11) is 0. The summed E-state index contributed by atoms with van der Waals surface area (Å²) in [6.07, 6.45) is 8.56. The average Bonchev–Trinajstić information content (AvgIpc) is 2.90. The summed E-state index contributed by atoms with van der Waals surface area (Å²) in [6, 6.07) is 8.28. The highest BCUT2D eigenvalue weighted by atomic mass is 19.2. The normalized spacial score (nSPS) is 24.3. The van der Waals surface area contributed by atoms with E-state index >= 15 is 0 Å². The third kappa shape index (κ3) is 6.44. The molecule has 2 saturated carbocycles. The first-order chi connectivity index (χ1) is 17.5. The first-order valence-electron chi connectivity index (χ1n) is 13.3. The summed E-state index contributed by atoms with van der Waals surface area (Å²) in [5.74, 6) is -1.07. The lowest BCUT2D eigenvalue weighted by Gasteiger charge is -2.30. The molecular formula is C30H37F3O3. The first-order valence-corrected chi connectivity index (χ1v) is 13.3. The zero-order valence-corrected chi connectivity index (χ0v) is 21.1. The molecule has 0 bridgehead atoms. The Morgan fingerprint density at radius 3 is 2.17 bits per heavy atom. The predicted molar refractivity (Wildman–Crippen MR) is 135 cm³/mol. The Balaban J connectivity index is 1.28. The molecule has 2 fully saturated rings. The van der Waals surface area contributed by atoms with Crippen LogP contribution in [0.4, 0.5) is 13.2 Å². The van der Waals surface area contributed by atoms with E-state index in [9.17, 15) is 13.2 Å². The first kappa shape index (κ1) is 26.6. The summed E-state index contributed by atoms with van der Waals surface area (Å²) in [5, 5.41) is 0. The molecule has 0 atom stereocenters. The van der Waals surface area contributed by atoms with Gasteiger partial charge in [0.2, 0.25) is 5.82 Å². The lowest BCUT2D eigenvalue weighted by atomic mass is 9.79. The number of hydrogen-bond donors (Lipinski definition) is 0. The smallest absolute Gasteiger partial charge is 0.200 e. The van der Waals surface area contributed by atoms with Gasteiger partial charge in [0.1, 0.15) is 18.2 Å². The van der Waals surface area contributed by atoms with Crippen LogP contribution >= 0.6 is 0 Å². The Kier molecular flexibility index (Phi) is 9.35. The van der Waals surface area contributed by atoms with E-state index in [2.05, 4.69) is 6.58 Å². The third-order valence-corrected chi connectivity index (χ3v) is 7.69. The van der Waals surface area contributed by atoms with Gasteiger partial charge < -0.3 is 14.2 Å². The molecule has 0 unspecified atom stereocenters. The van der Waals surface area contributed by atoms with Gasteiger partial charge in [-0.05, 0) is 99.3 Å². The molecule has 0 spiro atoms. The number of halogens is 3. The quantitative estimate of drug-likeness (QED) is 0.307. The zero-order valence-electron chi connectivity index (χ0n) is 21.1. The van der Waals surface area contributed by atoms with E-state index < -0.39 is 11.6 Å². The Morgan fingerprint density at radius 1 is 0.833 bits per heavy atom. The summed E-state index contributed by atoms with van der Waals surface area (Å²) in [4.78, 5) is 0. The maximum absolute atomic E-state index is 14.9. The third-order valence-electron chi connectivity index (χ3n) is 7.69. The van der Waals surface area contributed by atoms with Crippen LogP contribution in [0.1, 0.15) is 81.3 Å². The molecular weight excluding hydrogens is 465 g/mol. The van der Waals surface area contributed by atoms with Gasteiger partial charge in [0.15, 0.2) is 11.6 Å². The summed E-state index contributed by atoms with van der Waals surface area (Å²) in [6.45, 7) is 6.93. The van der Waals surface area contributed by atoms with Crippen molar-refractivity contribution in [1.82, 2.24) is 0 Å². The van der Waals surface area contributed by atoms with E-state index in [4.69, 9.17) is 14.2 Å². The van der Waals surface area contributed by atoms with Crippen molar-refractivity contribution in [1.29, 1.82) is 0 Å². The highest BCUT2D eigenvalue weighted by molar-refractivity contribution is 5.34. The van der Waals surface area contributed by atoms with E-state index in [0.717, 1.165) is 51.4 Å². The van der Waals surface area contributed by atoms with E-state index in [0.29, 0.717) is 36.7 Å². The second kappa shape index (κ2) is 12.7. The van der Waals surface area contributed by atoms with Gasteiger partial charge in [-0.3, -0.25) is 0 Å². The lowest BCUT2D eigenvalue weighted by molar-refractivity contribution is 0.0325. The molecule has 0 aliphatic heterocycles. The number of rotatable bonds is 10. The molecule has 0 N–H and O–H groups in total. The molecule has 0 radical (unpaired) electrons. The monoisotopic (exact) mass is 502 g/mol. The van der Waals surface area contributed by atoms with Crippen LogP contribution in [0.25, 0.3) is 0 Å². The molecule has 4 rings (SSSR count). The minimum absolute atomic E-state index is 0.0172. The Labute approximate surface area is 212 Å². The highest BCUT2D eigenvalue weighted by Crippen LogP contribution is 2.39. The molecule has 196 valence electrons. The zero-order chi connectivity index (χ0) is 25.5. The molecule has 2 aromatic rings. The van der Waals surface area contributed by atoms with Crippen molar-refractivity contribution in [3.05, 3.63) is 71.6 Å². The van der Waals surface area contributed by atoms with E-state index in [1.807, 2.05) is 6.92 Å². The Bertz CT molecular complexity index is 1010. The topological polar surface area (TPSA) is 27.7 Å². The SMILES string of the molecule is C=CCOc1ccc(C2CCC(COc3ccc(C4CCC(OCC)CC4)c(F)c3F)CC2)c(F)c1. The second-order valence-electron chi connectivity index (χ2n) is 10.0. The van der Waals surface area contributed by atoms with E-state index in [-0.39, 0.29) is 35.4 Å². The van der Waals surface area contributed by atoms with Crippen LogP contribution in [0.15, 0.2) is 43.0 Å². The van der Waals surface area contributed by atoms with Crippen molar-refractivity contribution in [3.63, 3.8) is 0 Å². The van der Waals surface area contributed by atoms with Gasteiger partial charge in [-0.25, -0.2) is 8.78 Å². The fraction of sp³-hybridized carbons (Fsp3) is 0.533. The summed E-state index contributed by atoms with van der Waals surface area (Å²) < 4.78 is 61.1. The maximum Gasteiger partial charge on any atom is 0.200 e. The fourth-order valence-electron chi connectivity index (χ4n) is 5.68. The van der Waals surface area contributed by atoms with Gasteiger partial charge in [-0.2, -0.15) is 4.39 Å². The molecule has 2 aromatic carbocycles. The van der Waals surface area contributed by atoms with Crippen LogP contribution in [0.2, 0.25) is 0 Å². The molecule has 2 aliphatic rings. The molecule has 0 amide bonds. The van der Waals surface area contributed by atoms with Gasteiger partial charge in [0, 0.05) is 12.7 Å². The van der Waals surface area contributed by atoms with Crippen LogP contribution < -0.4 is 9.47 Å². The van der Waals surface area contributed by atoms with Crippen molar-refractivity contribution in [2.45, 2.75) is 76.2 Å². The van der Waals surface area contributed by atoms with Crippen LogP contribution in [0.3, 0.4) is 0 Å². The minimum atomic E-state index is -0.894. The van der Waals surface area contributed by atoms with Gasteiger partial charge in [0.05, 0.1) is 12.7 Å². The van der Waals surface area contributed by atoms with E-state index in [1.165, 1.54) is 6.07 Å². The molecule has 0 aromatic heterocycles. The van der Waals surface area contributed by atoms with Gasteiger partial charge >= 0.3 is 0 Å². The fourth-order valence-corrected chi connectivity index (χ4v) is 5.68. The van der Waals surface area contributed by atoms with Gasteiger partial charge in [-0.15, -0.1) is 0 Å². The second-order valence-corrected chi connectivity index (χ2v) is 10.0. The van der Waals surface area contributed by atoms with Gasteiger partial charge in [-0.1, -0.05) is 24.8 Å². The lowest BCUT2D eigenvalue weighted by Crippen LogP contribution is -2.22. The van der Waals surface area contributed by atoms with Crippen LogP contribution in [0, 0.1) is 23.4 Å². The molecule has 2 aliphatic carbocycles. The molecule has 0 saturated heterocycles. The van der Waals surface area contributed by atoms with Crippen molar-refractivity contribution < 1.29 is 27.4 Å². The maximum atomic E-state index is 14.9. The molecule has 36 heavy (non-hydrogen) atoms. The van der Waals surface area contributed by atoms with E-state index in [1.54, 1.807) is 30.3 Å². The average molecular weight is 503 g/mol. The molecule has 3 nitrogen and oxygen atoms in total. The van der Waals surface area contributed by atoms with Crippen molar-refractivity contribution in [3.8, 4) is 11.5 Å². The van der Waals surface area contributed by atoms with Crippen molar-refractivity contribution in [2.75, 3.05) is 19.8 Å². The van der Waals surface area contributed by atoms with Crippen LogP contribution in [-0.2, 0) is 4.74 Å². The summed E-state index contributed by atoms with van der Waals surface area (Å²) >= 11 is 0. The Morgan fingerprint density at radius 2 is 1.50 bits per heavy atom.